The number of nitrogens with zero attached hydrogens (tertiary/aromatic N) is 1. The highest BCUT2D eigenvalue weighted by molar-refractivity contribution is 8.01. The van der Waals surface area contributed by atoms with E-state index in [9.17, 15) is 0 Å². The summed E-state index contributed by atoms with van der Waals surface area (Å²) in [5.41, 5.74) is 0.665. The summed E-state index contributed by atoms with van der Waals surface area (Å²) < 4.78 is 1.16. The zero-order valence-corrected chi connectivity index (χ0v) is 9.99. The van der Waals surface area contributed by atoms with Crippen LogP contribution in [-0.4, -0.2) is 0 Å². The molecule has 1 aromatic heterocycles. The van der Waals surface area contributed by atoms with E-state index in [-0.39, 0.29) is 0 Å². The molecule has 0 saturated heterocycles. The molecule has 0 amide bonds. The van der Waals surface area contributed by atoms with Crippen LogP contribution in [0.5, 0.6) is 0 Å². The van der Waals surface area contributed by atoms with Crippen LogP contribution in [0.25, 0.3) is 0 Å². The summed E-state index contributed by atoms with van der Waals surface area (Å²) in [6, 6.07) is 11.5. The van der Waals surface area contributed by atoms with Crippen LogP contribution in [0.2, 0.25) is 5.02 Å². The fourth-order valence-electron chi connectivity index (χ4n) is 1.10. The van der Waals surface area contributed by atoms with Crippen LogP contribution in [0.4, 0.5) is 0 Å². The van der Waals surface area contributed by atoms with Gasteiger partial charge in [0.2, 0.25) is 0 Å². The molecule has 1 aromatic carbocycles. The minimum atomic E-state index is 0.660. The molecule has 74 valence electrons. The standard InChI is InChI=1S/C11H6ClNS2/c12-9-4-3-8(7-13)10(6-9)15-11-2-1-5-14-11/h1-6H. The molecule has 0 saturated carbocycles. The minimum Gasteiger partial charge on any atom is -0.192 e. The SMILES string of the molecule is N#Cc1ccc(Cl)cc1Sc1cccs1. The van der Waals surface area contributed by atoms with Gasteiger partial charge in [-0.25, -0.2) is 0 Å². The van der Waals surface area contributed by atoms with Gasteiger partial charge in [-0.1, -0.05) is 29.4 Å². The van der Waals surface area contributed by atoms with E-state index in [1.807, 2.05) is 23.6 Å². The van der Waals surface area contributed by atoms with E-state index in [4.69, 9.17) is 16.9 Å². The maximum atomic E-state index is 8.93. The van der Waals surface area contributed by atoms with E-state index in [0.717, 1.165) is 9.10 Å². The van der Waals surface area contributed by atoms with Gasteiger partial charge in [0.15, 0.2) is 0 Å². The molecule has 0 N–H and O–H groups in total. The molecule has 4 heteroatoms. The highest BCUT2D eigenvalue weighted by Crippen LogP contribution is 2.34. The Morgan fingerprint density at radius 3 is 2.87 bits per heavy atom. The molecule has 0 fully saturated rings. The quantitative estimate of drug-likeness (QED) is 0.789. The van der Waals surface area contributed by atoms with Gasteiger partial charge in [-0.05, 0) is 29.6 Å². The third-order valence-electron chi connectivity index (χ3n) is 1.77. The number of halogens is 1. The number of rotatable bonds is 2. The Hall–Kier alpha value is -0.950. The van der Waals surface area contributed by atoms with Gasteiger partial charge in [0, 0.05) is 9.92 Å². The molecule has 0 aliphatic rings. The van der Waals surface area contributed by atoms with Crippen molar-refractivity contribution in [2.75, 3.05) is 0 Å². The summed E-state index contributed by atoms with van der Waals surface area (Å²) in [5.74, 6) is 0. The molecule has 0 aliphatic carbocycles. The number of thiophene rings is 1. The molecular weight excluding hydrogens is 246 g/mol. The number of hydrogen-bond donors (Lipinski definition) is 0. The zero-order valence-electron chi connectivity index (χ0n) is 7.61. The van der Waals surface area contributed by atoms with Crippen molar-refractivity contribution in [3.05, 3.63) is 46.3 Å². The topological polar surface area (TPSA) is 23.8 Å². The molecule has 0 bridgehead atoms. The number of benzene rings is 1. The lowest BCUT2D eigenvalue weighted by Crippen LogP contribution is -1.79. The second-order valence-electron chi connectivity index (χ2n) is 2.79. The van der Waals surface area contributed by atoms with Crippen molar-refractivity contribution in [3.8, 4) is 6.07 Å². The predicted octanol–water partition coefficient (Wildman–Crippen LogP) is 4.42. The smallest absolute Gasteiger partial charge is 0.100 e. The van der Waals surface area contributed by atoms with Crippen LogP contribution in [0, 0.1) is 11.3 Å². The maximum absolute atomic E-state index is 8.93. The van der Waals surface area contributed by atoms with Gasteiger partial charge >= 0.3 is 0 Å². The average Bonchev–Trinajstić information content (AvgIpc) is 2.71. The maximum Gasteiger partial charge on any atom is 0.100 e. The molecule has 2 rings (SSSR count). The number of hydrogen-bond acceptors (Lipinski definition) is 3. The molecule has 0 atom stereocenters. The Morgan fingerprint density at radius 1 is 1.33 bits per heavy atom. The van der Waals surface area contributed by atoms with Crippen LogP contribution < -0.4 is 0 Å². The van der Waals surface area contributed by atoms with Gasteiger partial charge in [0.25, 0.3) is 0 Å². The monoisotopic (exact) mass is 251 g/mol. The first kappa shape index (κ1) is 10.6. The van der Waals surface area contributed by atoms with Gasteiger partial charge in [-0.2, -0.15) is 5.26 Å². The molecule has 0 spiro atoms. The van der Waals surface area contributed by atoms with Crippen LogP contribution in [0.1, 0.15) is 5.56 Å². The van der Waals surface area contributed by atoms with Crippen molar-refractivity contribution in [1.29, 1.82) is 5.26 Å². The lowest BCUT2D eigenvalue weighted by Gasteiger charge is -2.01. The Bertz CT molecular complexity index is 500. The third kappa shape index (κ3) is 2.54. The van der Waals surface area contributed by atoms with Crippen molar-refractivity contribution in [1.82, 2.24) is 0 Å². The third-order valence-corrected chi connectivity index (χ3v) is 4.10. The normalized spacial score (nSPS) is 9.87. The van der Waals surface area contributed by atoms with Crippen LogP contribution in [0.15, 0.2) is 44.8 Å². The minimum absolute atomic E-state index is 0.660. The first-order chi connectivity index (χ1) is 7.29. The number of nitriles is 1. The Labute approximate surface area is 101 Å². The van der Waals surface area contributed by atoms with Gasteiger partial charge in [0.1, 0.15) is 6.07 Å². The van der Waals surface area contributed by atoms with Crippen LogP contribution in [0.3, 0.4) is 0 Å². The summed E-state index contributed by atoms with van der Waals surface area (Å²) >= 11 is 9.12. The fraction of sp³-hybridized carbons (Fsp3) is 0. The summed E-state index contributed by atoms with van der Waals surface area (Å²) in [7, 11) is 0. The lowest BCUT2D eigenvalue weighted by atomic mass is 10.2. The van der Waals surface area contributed by atoms with Gasteiger partial charge in [0.05, 0.1) is 9.77 Å². The predicted molar refractivity (Wildman–Crippen MR) is 64.6 cm³/mol. The van der Waals surface area contributed by atoms with E-state index in [1.54, 1.807) is 35.2 Å². The zero-order chi connectivity index (χ0) is 10.7. The molecule has 0 unspecified atom stereocenters. The Balaban J connectivity index is 2.35. The Morgan fingerprint density at radius 2 is 2.20 bits per heavy atom. The largest absolute Gasteiger partial charge is 0.192 e. The summed E-state index contributed by atoms with van der Waals surface area (Å²) in [4.78, 5) is 0.910. The van der Waals surface area contributed by atoms with Crippen molar-refractivity contribution >= 4 is 34.7 Å². The fourth-order valence-corrected chi connectivity index (χ4v) is 3.19. The molecule has 2 aromatic rings. The lowest BCUT2D eigenvalue weighted by molar-refractivity contribution is 1.37. The summed E-state index contributed by atoms with van der Waals surface area (Å²) in [6.45, 7) is 0. The van der Waals surface area contributed by atoms with E-state index >= 15 is 0 Å². The molecular formula is C11H6ClNS2. The first-order valence-corrected chi connectivity index (χ1v) is 6.28. The second kappa shape index (κ2) is 4.71. The summed E-state index contributed by atoms with van der Waals surface area (Å²) in [6.07, 6.45) is 0. The molecule has 1 nitrogen and oxygen atoms in total. The van der Waals surface area contributed by atoms with E-state index in [0.29, 0.717) is 10.6 Å². The molecule has 1 heterocycles. The highest BCUT2D eigenvalue weighted by atomic mass is 35.5. The van der Waals surface area contributed by atoms with Crippen LogP contribution in [-0.2, 0) is 0 Å². The van der Waals surface area contributed by atoms with Crippen molar-refractivity contribution in [2.24, 2.45) is 0 Å². The second-order valence-corrected chi connectivity index (χ2v) is 5.51. The van der Waals surface area contributed by atoms with Crippen molar-refractivity contribution in [2.45, 2.75) is 9.10 Å². The highest BCUT2D eigenvalue weighted by Gasteiger charge is 2.05. The average molecular weight is 252 g/mol. The van der Waals surface area contributed by atoms with Crippen LogP contribution >= 0.6 is 34.7 Å². The van der Waals surface area contributed by atoms with Crippen molar-refractivity contribution in [3.63, 3.8) is 0 Å². The van der Waals surface area contributed by atoms with E-state index in [1.165, 1.54) is 0 Å². The van der Waals surface area contributed by atoms with Gasteiger partial charge in [-0.15, -0.1) is 11.3 Å². The van der Waals surface area contributed by atoms with E-state index < -0.39 is 0 Å². The molecule has 15 heavy (non-hydrogen) atoms. The van der Waals surface area contributed by atoms with Gasteiger partial charge in [-0.3, -0.25) is 0 Å². The summed E-state index contributed by atoms with van der Waals surface area (Å²) in [5, 5.41) is 11.6. The first-order valence-electron chi connectivity index (χ1n) is 4.20. The Kier molecular flexibility index (Phi) is 3.32. The van der Waals surface area contributed by atoms with E-state index in [2.05, 4.69) is 6.07 Å². The molecule has 0 aliphatic heterocycles. The van der Waals surface area contributed by atoms with Gasteiger partial charge < -0.3 is 0 Å². The van der Waals surface area contributed by atoms with Crippen molar-refractivity contribution < 1.29 is 0 Å². The molecule has 0 radical (unpaired) electrons.